The molecule has 2 nitrogen and oxygen atoms in total. The minimum atomic E-state index is 0.429. The average molecular weight is 258 g/mol. The van der Waals surface area contributed by atoms with E-state index in [1.54, 1.807) is 0 Å². The normalized spacial score (nSPS) is 15.9. The fourth-order valence-electron chi connectivity index (χ4n) is 2.61. The van der Waals surface area contributed by atoms with Crippen LogP contribution in [0.2, 0.25) is 0 Å². The van der Waals surface area contributed by atoms with Gasteiger partial charge in [0, 0.05) is 24.8 Å². The summed E-state index contributed by atoms with van der Waals surface area (Å²) in [7, 11) is 2.02. The van der Waals surface area contributed by atoms with Gasteiger partial charge in [-0.05, 0) is 57.9 Å². The van der Waals surface area contributed by atoms with Crippen molar-refractivity contribution < 1.29 is 0 Å². The molecule has 1 unspecified atom stereocenters. The summed E-state index contributed by atoms with van der Waals surface area (Å²) in [6.45, 7) is 8.77. The maximum atomic E-state index is 3.32. The van der Waals surface area contributed by atoms with Crippen molar-refractivity contribution in [1.82, 2.24) is 5.32 Å². The van der Waals surface area contributed by atoms with Crippen molar-refractivity contribution in [3.8, 4) is 0 Å². The number of anilines is 1. The third kappa shape index (κ3) is 3.38. The summed E-state index contributed by atoms with van der Waals surface area (Å²) >= 11 is 0. The van der Waals surface area contributed by atoms with Gasteiger partial charge in [-0.15, -0.1) is 0 Å². The minimum absolute atomic E-state index is 0.429. The van der Waals surface area contributed by atoms with Gasteiger partial charge >= 0.3 is 0 Å². The van der Waals surface area contributed by atoms with Crippen molar-refractivity contribution in [1.29, 1.82) is 0 Å². The number of rotatable bonds is 4. The first-order valence-corrected chi connectivity index (χ1v) is 7.30. The van der Waals surface area contributed by atoms with E-state index in [-0.39, 0.29) is 0 Å². The van der Waals surface area contributed by atoms with E-state index in [1.165, 1.54) is 41.8 Å². The fraction of sp³-hybridized carbons (Fsp3) is 0.529. The van der Waals surface area contributed by atoms with Crippen LogP contribution in [0.4, 0.5) is 5.69 Å². The van der Waals surface area contributed by atoms with Crippen LogP contribution in [0.25, 0.3) is 0 Å². The van der Waals surface area contributed by atoms with E-state index < -0.39 is 0 Å². The van der Waals surface area contributed by atoms with Gasteiger partial charge in [-0.2, -0.15) is 0 Å². The highest BCUT2D eigenvalue weighted by molar-refractivity contribution is 5.57. The first kappa shape index (κ1) is 14.1. The number of allylic oxidation sites excluding steroid dienone is 1. The second-order valence-corrected chi connectivity index (χ2v) is 5.73. The maximum absolute atomic E-state index is 3.32. The number of benzene rings is 1. The van der Waals surface area contributed by atoms with Crippen LogP contribution < -0.4 is 10.2 Å². The second kappa shape index (κ2) is 6.25. The molecule has 1 heterocycles. The Bertz CT molecular complexity index is 458. The van der Waals surface area contributed by atoms with Gasteiger partial charge in [0.05, 0.1) is 0 Å². The molecule has 1 aromatic carbocycles. The Labute approximate surface area is 117 Å². The minimum Gasteiger partial charge on any atom is -0.368 e. The van der Waals surface area contributed by atoms with E-state index in [1.807, 2.05) is 7.05 Å². The van der Waals surface area contributed by atoms with Crippen LogP contribution >= 0.6 is 0 Å². The molecule has 0 radical (unpaired) electrons. The molecule has 1 aliphatic heterocycles. The second-order valence-electron chi connectivity index (χ2n) is 5.73. The third-order valence-electron chi connectivity index (χ3n) is 3.97. The van der Waals surface area contributed by atoms with Gasteiger partial charge < -0.3 is 10.2 Å². The standard InChI is InChI=1S/C17H26N2/c1-13(2)9-11-19-10-5-6-16-12-15(14(3)18-4)7-8-17(16)19/h7-9,12,14,18H,5-6,10-11H2,1-4H3. The van der Waals surface area contributed by atoms with Crippen molar-refractivity contribution in [3.05, 3.63) is 41.0 Å². The lowest BCUT2D eigenvalue weighted by molar-refractivity contribution is 0.648. The summed E-state index contributed by atoms with van der Waals surface area (Å²) in [5.74, 6) is 0. The molecule has 0 bridgehead atoms. The molecule has 1 aromatic rings. The summed E-state index contributed by atoms with van der Waals surface area (Å²) in [5, 5.41) is 3.32. The van der Waals surface area contributed by atoms with Crippen LogP contribution in [0, 0.1) is 0 Å². The van der Waals surface area contributed by atoms with Gasteiger partial charge in [0.2, 0.25) is 0 Å². The Balaban J connectivity index is 2.23. The van der Waals surface area contributed by atoms with Crippen molar-refractivity contribution in [3.63, 3.8) is 0 Å². The van der Waals surface area contributed by atoms with E-state index in [2.05, 4.69) is 55.3 Å². The number of nitrogens with one attached hydrogen (secondary N) is 1. The van der Waals surface area contributed by atoms with E-state index in [9.17, 15) is 0 Å². The molecule has 0 spiro atoms. The molecule has 0 saturated carbocycles. The molecule has 1 aliphatic rings. The summed E-state index contributed by atoms with van der Waals surface area (Å²) in [4.78, 5) is 2.50. The Morgan fingerprint density at radius 1 is 1.42 bits per heavy atom. The van der Waals surface area contributed by atoms with Crippen LogP contribution in [-0.2, 0) is 6.42 Å². The first-order valence-electron chi connectivity index (χ1n) is 7.30. The first-order chi connectivity index (χ1) is 9.11. The monoisotopic (exact) mass is 258 g/mol. The molecule has 1 atom stereocenters. The average Bonchev–Trinajstić information content (AvgIpc) is 2.43. The molecular weight excluding hydrogens is 232 g/mol. The topological polar surface area (TPSA) is 15.3 Å². The van der Waals surface area contributed by atoms with Crippen molar-refractivity contribution in [2.24, 2.45) is 0 Å². The summed E-state index contributed by atoms with van der Waals surface area (Å²) < 4.78 is 0. The molecule has 2 heteroatoms. The lowest BCUT2D eigenvalue weighted by Gasteiger charge is -2.31. The van der Waals surface area contributed by atoms with Crippen LogP contribution in [0.5, 0.6) is 0 Å². The third-order valence-corrected chi connectivity index (χ3v) is 3.97. The zero-order valence-corrected chi connectivity index (χ0v) is 12.7. The van der Waals surface area contributed by atoms with Crippen molar-refractivity contribution >= 4 is 5.69 Å². The molecule has 1 N–H and O–H groups in total. The molecule has 2 rings (SSSR count). The molecule has 0 fully saturated rings. The smallest absolute Gasteiger partial charge is 0.0401 e. The molecule has 104 valence electrons. The highest BCUT2D eigenvalue weighted by atomic mass is 15.1. The lowest BCUT2D eigenvalue weighted by Crippen LogP contribution is -2.29. The van der Waals surface area contributed by atoms with E-state index in [0.717, 1.165) is 6.54 Å². The largest absolute Gasteiger partial charge is 0.368 e. The van der Waals surface area contributed by atoms with E-state index in [0.29, 0.717) is 6.04 Å². The zero-order chi connectivity index (χ0) is 13.8. The number of fused-ring (bicyclic) bond motifs is 1. The van der Waals surface area contributed by atoms with Crippen molar-refractivity contribution in [2.75, 3.05) is 25.0 Å². The highest BCUT2D eigenvalue weighted by Crippen LogP contribution is 2.29. The summed E-state index contributed by atoms with van der Waals surface area (Å²) in [6, 6.07) is 7.38. The number of hydrogen-bond donors (Lipinski definition) is 1. The Morgan fingerprint density at radius 2 is 2.21 bits per heavy atom. The van der Waals surface area contributed by atoms with Gasteiger partial charge in [-0.25, -0.2) is 0 Å². The van der Waals surface area contributed by atoms with Gasteiger partial charge in [0.25, 0.3) is 0 Å². The predicted molar refractivity (Wildman–Crippen MR) is 83.9 cm³/mol. The zero-order valence-electron chi connectivity index (χ0n) is 12.7. The highest BCUT2D eigenvalue weighted by Gasteiger charge is 2.17. The Hall–Kier alpha value is -1.28. The molecule has 19 heavy (non-hydrogen) atoms. The van der Waals surface area contributed by atoms with Crippen LogP contribution in [-0.4, -0.2) is 20.1 Å². The number of nitrogens with zero attached hydrogens (tertiary/aromatic N) is 1. The predicted octanol–water partition coefficient (Wildman–Crippen LogP) is 3.69. The van der Waals surface area contributed by atoms with Gasteiger partial charge in [-0.1, -0.05) is 23.8 Å². The molecule has 0 aromatic heterocycles. The Kier molecular flexibility index (Phi) is 4.65. The van der Waals surface area contributed by atoms with Gasteiger partial charge in [0.15, 0.2) is 0 Å². The summed E-state index contributed by atoms with van der Waals surface area (Å²) in [6.07, 6.45) is 4.80. The maximum Gasteiger partial charge on any atom is 0.0401 e. The molecule has 0 aliphatic carbocycles. The Morgan fingerprint density at radius 3 is 2.89 bits per heavy atom. The number of aryl methyl sites for hydroxylation is 1. The molecular formula is C17H26N2. The lowest BCUT2D eigenvalue weighted by atomic mass is 9.97. The SMILES string of the molecule is CNC(C)c1ccc2c(c1)CCCN2CC=C(C)C. The van der Waals surface area contributed by atoms with Gasteiger partial charge in [0.1, 0.15) is 0 Å². The van der Waals surface area contributed by atoms with E-state index >= 15 is 0 Å². The fourth-order valence-corrected chi connectivity index (χ4v) is 2.61. The number of hydrogen-bond acceptors (Lipinski definition) is 2. The molecule has 0 saturated heterocycles. The molecule has 0 amide bonds. The van der Waals surface area contributed by atoms with Crippen LogP contribution in [0.3, 0.4) is 0 Å². The van der Waals surface area contributed by atoms with Crippen LogP contribution in [0.15, 0.2) is 29.8 Å². The summed E-state index contributed by atoms with van der Waals surface area (Å²) in [5.41, 5.74) is 5.72. The van der Waals surface area contributed by atoms with E-state index in [4.69, 9.17) is 0 Å². The quantitative estimate of drug-likeness (QED) is 0.829. The van der Waals surface area contributed by atoms with Crippen LogP contribution in [0.1, 0.15) is 44.4 Å². The van der Waals surface area contributed by atoms with Gasteiger partial charge in [-0.3, -0.25) is 0 Å². The van der Waals surface area contributed by atoms with Crippen molar-refractivity contribution in [2.45, 2.75) is 39.7 Å².